The van der Waals surface area contributed by atoms with Gasteiger partial charge in [0.15, 0.2) is 0 Å². The average Bonchev–Trinajstić information content (AvgIpc) is 2.82. The summed E-state index contributed by atoms with van der Waals surface area (Å²) in [6, 6.07) is 5.98. The molecular formula is C14H20N2O2. The number of ether oxygens (including phenoxy) is 1. The van der Waals surface area contributed by atoms with Gasteiger partial charge in [-0.1, -0.05) is 0 Å². The highest BCUT2D eigenvalue weighted by atomic mass is 16.5. The Kier molecular flexibility index (Phi) is 4.20. The fourth-order valence-corrected chi connectivity index (χ4v) is 2.14. The number of carbonyl (C=O) groups excluding carboxylic acids is 1. The highest BCUT2D eigenvalue weighted by Crippen LogP contribution is 2.15. The molecule has 4 heteroatoms. The fourth-order valence-electron chi connectivity index (χ4n) is 2.14. The topological polar surface area (TPSA) is 50.4 Å². The summed E-state index contributed by atoms with van der Waals surface area (Å²) in [6.45, 7) is 6.25. The number of rotatable bonds is 4. The normalized spacial score (nSPS) is 18.7. The van der Waals surface area contributed by atoms with Gasteiger partial charge in [0.05, 0.1) is 12.6 Å². The number of carbonyl (C=O) groups is 1. The standard InChI is InChI=1S/C14H20N2O2/c1-3-15-11-4-5-13(10(2)8-11)14(17)16-12-6-7-18-9-12/h4-5,8,12,15H,3,6-7,9H2,1-2H3,(H,16,17). The molecule has 1 aromatic rings. The van der Waals surface area contributed by atoms with Crippen molar-refractivity contribution in [2.45, 2.75) is 26.3 Å². The summed E-state index contributed by atoms with van der Waals surface area (Å²) < 4.78 is 5.25. The lowest BCUT2D eigenvalue weighted by molar-refractivity contribution is 0.0929. The van der Waals surface area contributed by atoms with Gasteiger partial charge in [0.25, 0.3) is 5.91 Å². The summed E-state index contributed by atoms with van der Waals surface area (Å²) in [7, 11) is 0. The van der Waals surface area contributed by atoms with E-state index in [-0.39, 0.29) is 11.9 Å². The van der Waals surface area contributed by atoms with Crippen LogP contribution in [0.3, 0.4) is 0 Å². The Morgan fingerprint density at radius 1 is 1.50 bits per heavy atom. The molecule has 2 N–H and O–H groups in total. The molecule has 4 nitrogen and oxygen atoms in total. The summed E-state index contributed by atoms with van der Waals surface area (Å²) in [5.41, 5.74) is 2.78. The predicted octanol–water partition coefficient (Wildman–Crippen LogP) is 1.95. The second-order valence-corrected chi connectivity index (χ2v) is 4.59. The predicted molar refractivity (Wildman–Crippen MR) is 72.0 cm³/mol. The van der Waals surface area contributed by atoms with Gasteiger partial charge in [-0.05, 0) is 44.0 Å². The second kappa shape index (κ2) is 5.87. The summed E-state index contributed by atoms with van der Waals surface area (Å²) >= 11 is 0. The lowest BCUT2D eigenvalue weighted by atomic mass is 10.1. The van der Waals surface area contributed by atoms with E-state index >= 15 is 0 Å². The van der Waals surface area contributed by atoms with Crippen LogP contribution in [0.4, 0.5) is 5.69 Å². The smallest absolute Gasteiger partial charge is 0.251 e. The van der Waals surface area contributed by atoms with Crippen LogP contribution in [0.2, 0.25) is 0 Å². The van der Waals surface area contributed by atoms with Gasteiger partial charge in [0.2, 0.25) is 0 Å². The molecular weight excluding hydrogens is 228 g/mol. The largest absolute Gasteiger partial charge is 0.385 e. The summed E-state index contributed by atoms with van der Waals surface area (Å²) in [5, 5.41) is 6.24. The van der Waals surface area contributed by atoms with E-state index in [4.69, 9.17) is 4.74 Å². The lowest BCUT2D eigenvalue weighted by Crippen LogP contribution is -2.35. The molecule has 1 atom stereocenters. The summed E-state index contributed by atoms with van der Waals surface area (Å²) in [4.78, 5) is 12.1. The molecule has 98 valence electrons. The van der Waals surface area contributed by atoms with Gasteiger partial charge in [-0.2, -0.15) is 0 Å². The van der Waals surface area contributed by atoms with Gasteiger partial charge in [-0.3, -0.25) is 4.79 Å². The first-order valence-corrected chi connectivity index (χ1v) is 6.44. The molecule has 1 saturated heterocycles. The van der Waals surface area contributed by atoms with Crippen molar-refractivity contribution in [2.75, 3.05) is 25.1 Å². The van der Waals surface area contributed by atoms with Crippen molar-refractivity contribution < 1.29 is 9.53 Å². The van der Waals surface area contributed by atoms with Crippen LogP contribution < -0.4 is 10.6 Å². The van der Waals surface area contributed by atoms with Gasteiger partial charge in [-0.15, -0.1) is 0 Å². The Bertz CT molecular complexity index is 426. The SMILES string of the molecule is CCNc1ccc(C(=O)NC2CCOC2)c(C)c1. The number of amides is 1. The van der Waals surface area contributed by atoms with Gasteiger partial charge >= 0.3 is 0 Å². The van der Waals surface area contributed by atoms with Gasteiger partial charge in [0.1, 0.15) is 0 Å². The Hall–Kier alpha value is -1.55. The maximum absolute atomic E-state index is 12.1. The number of aryl methyl sites for hydroxylation is 1. The average molecular weight is 248 g/mol. The minimum absolute atomic E-state index is 0.00829. The van der Waals surface area contributed by atoms with Crippen molar-refractivity contribution in [3.05, 3.63) is 29.3 Å². The third kappa shape index (κ3) is 3.01. The van der Waals surface area contributed by atoms with E-state index in [1.807, 2.05) is 25.1 Å². The van der Waals surface area contributed by atoms with E-state index in [2.05, 4.69) is 17.6 Å². The Morgan fingerprint density at radius 2 is 2.33 bits per heavy atom. The first kappa shape index (κ1) is 12.9. The fraction of sp³-hybridized carbons (Fsp3) is 0.500. The van der Waals surface area contributed by atoms with Crippen LogP contribution in [0.25, 0.3) is 0 Å². The minimum Gasteiger partial charge on any atom is -0.385 e. The number of hydrogen-bond acceptors (Lipinski definition) is 3. The highest BCUT2D eigenvalue weighted by Gasteiger charge is 2.19. The van der Waals surface area contributed by atoms with E-state index in [0.29, 0.717) is 6.61 Å². The van der Waals surface area contributed by atoms with Crippen molar-refractivity contribution in [3.8, 4) is 0 Å². The molecule has 1 aromatic carbocycles. The van der Waals surface area contributed by atoms with E-state index in [1.165, 1.54) is 0 Å². The molecule has 0 aliphatic carbocycles. The maximum Gasteiger partial charge on any atom is 0.251 e. The van der Waals surface area contributed by atoms with Crippen LogP contribution in [-0.2, 0) is 4.74 Å². The molecule has 0 aromatic heterocycles. The monoisotopic (exact) mass is 248 g/mol. The zero-order valence-corrected chi connectivity index (χ0v) is 11.0. The molecule has 1 amide bonds. The van der Waals surface area contributed by atoms with Crippen molar-refractivity contribution in [2.24, 2.45) is 0 Å². The van der Waals surface area contributed by atoms with Gasteiger partial charge < -0.3 is 15.4 Å². The Balaban J connectivity index is 2.05. The zero-order chi connectivity index (χ0) is 13.0. The molecule has 0 radical (unpaired) electrons. The van der Waals surface area contributed by atoms with Crippen LogP contribution in [0.15, 0.2) is 18.2 Å². The zero-order valence-electron chi connectivity index (χ0n) is 11.0. The van der Waals surface area contributed by atoms with E-state index in [0.717, 1.165) is 36.4 Å². The Morgan fingerprint density at radius 3 is 2.94 bits per heavy atom. The molecule has 1 aliphatic heterocycles. The van der Waals surface area contributed by atoms with Crippen molar-refractivity contribution in [3.63, 3.8) is 0 Å². The van der Waals surface area contributed by atoms with Crippen LogP contribution in [0, 0.1) is 6.92 Å². The van der Waals surface area contributed by atoms with E-state index in [1.54, 1.807) is 0 Å². The summed E-state index contributed by atoms with van der Waals surface area (Å²) in [6.07, 6.45) is 0.903. The molecule has 1 aliphatic rings. The van der Waals surface area contributed by atoms with Crippen molar-refractivity contribution in [1.82, 2.24) is 5.32 Å². The summed E-state index contributed by atoms with van der Waals surface area (Å²) in [5.74, 6) is -0.00829. The van der Waals surface area contributed by atoms with Crippen molar-refractivity contribution in [1.29, 1.82) is 0 Å². The van der Waals surface area contributed by atoms with E-state index in [9.17, 15) is 4.79 Å². The highest BCUT2D eigenvalue weighted by molar-refractivity contribution is 5.96. The number of anilines is 1. The minimum atomic E-state index is -0.00829. The van der Waals surface area contributed by atoms with E-state index < -0.39 is 0 Å². The van der Waals surface area contributed by atoms with Crippen LogP contribution >= 0.6 is 0 Å². The first-order chi connectivity index (χ1) is 8.70. The van der Waals surface area contributed by atoms with Crippen LogP contribution in [0.1, 0.15) is 29.3 Å². The molecule has 2 rings (SSSR count). The molecule has 18 heavy (non-hydrogen) atoms. The van der Waals surface area contributed by atoms with Crippen molar-refractivity contribution >= 4 is 11.6 Å². The van der Waals surface area contributed by atoms with Gasteiger partial charge in [-0.25, -0.2) is 0 Å². The third-order valence-corrected chi connectivity index (χ3v) is 3.12. The Labute approximate surface area is 108 Å². The molecule has 1 heterocycles. The second-order valence-electron chi connectivity index (χ2n) is 4.59. The number of nitrogens with one attached hydrogen (secondary N) is 2. The molecule has 1 unspecified atom stereocenters. The quantitative estimate of drug-likeness (QED) is 0.856. The molecule has 1 fully saturated rings. The molecule has 0 spiro atoms. The van der Waals surface area contributed by atoms with Gasteiger partial charge in [0, 0.05) is 24.4 Å². The van der Waals surface area contributed by atoms with Crippen LogP contribution in [-0.4, -0.2) is 31.7 Å². The number of benzene rings is 1. The lowest BCUT2D eigenvalue weighted by Gasteiger charge is -2.13. The number of hydrogen-bond donors (Lipinski definition) is 2. The maximum atomic E-state index is 12.1. The third-order valence-electron chi connectivity index (χ3n) is 3.12. The van der Waals surface area contributed by atoms with Crippen LogP contribution in [0.5, 0.6) is 0 Å². The molecule has 0 saturated carbocycles. The first-order valence-electron chi connectivity index (χ1n) is 6.44. The molecule has 0 bridgehead atoms.